The van der Waals surface area contributed by atoms with Crippen LogP contribution in [-0.2, 0) is 11.2 Å². The molecule has 1 saturated heterocycles. The summed E-state index contributed by atoms with van der Waals surface area (Å²) >= 11 is 0. The van der Waals surface area contributed by atoms with E-state index in [-0.39, 0.29) is 18.0 Å². The Hall–Kier alpha value is -2.53. The number of nitrogens with zero attached hydrogens (tertiary/aromatic N) is 1. The van der Waals surface area contributed by atoms with Crippen molar-refractivity contribution >= 4 is 5.91 Å². The first kappa shape index (κ1) is 19.8. The van der Waals surface area contributed by atoms with E-state index in [1.807, 2.05) is 13.0 Å². The number of amides is 1. The molecule has 1 N–H and O–H groups in total. The molecule has 154 valence electrons. The summed E-state index contributed by atoms with van der Waals surface area (Å²) in [5.74, 6) is 1.70. The zero-order valence-electron chi connectivity index (χ0n) is 17.3. The molecule has 0 saturated carbocycles. The van der Waals surface area contributed by atoms with Gasteiger partial charge in [0.2, 0.25) is 5.91 Å². The van der Waals surface area contributed by atoms with Gasteiger partial charge in [-0.2, -0.15) is 0 Å². The lowest BCUT2D eigenvalue weighted by Gasteiger charge is -2.26. The lowest BCUT2D eigenvalue weighted by atomic mass is 10.0. The summed E-state index contributed by atoms with van der Waals surface area (Å²) < 4.78 is 11.4. The second-order valence-electron chi connectivity index (χ2n) is 7.92. The van der Waals surface area contributed by atoms with Gasteiger partial charge in [-0.15, -0.1) is 0 Å². The third-order valence-corrected chi connectivity index (χ3v) is 5.93. The fraction of sp³-hybridized carbons (Fsp3) is 0.458. The average Bonchev–Trinajstić information content (AvgIpc) is 3.21. The van der Waals surface area contributed by atoms with Gasteiger partial charge in [0.15, 0.2) is 11.5 Å². The van der Waals surface area contributed by atoms with Gasteiger partial charge in [0.05, 0.1) is 12.6 Å². The van der Waals surface area contributed by atoms with Crippen LogP contribution in [-0.4, -0.2) is 37.1 Å². The molecule has 5 nitrogen and oxygen atoms in total. The number of carbonyl (C=O) groups excluding carboxylic acids is 1. The lowest BCUT2D eigenvalue weighted by Crippen LogP contribution is -2.38. The van der Waals surface area contributed by atoms with Crippen LogP contribution in [0, 0.1) is 0 Å². The first-order chi connectivity index (χ1) is 14.1. The molecule has 2 aliphatic heterocycles. The Kier molecular flexibility index (Phi) is 6.05. The van der Waals surface area contributed by atoms with Gasteiger partial charge in [-0.25, -0.2) is 0 Å². The summed E-state index contributed by atoms with van der Waals surface area (Å²) in [7, 11) is 0. The Morgan fingerprint density at radius 3 is 2.66 bits per heavy atom. The zero-order valence-corrected chi connectivity index (χ0v) is 17.3. The summed E-state index contributed by atoms with van der Waals surface area (Å²) in [6.07, 6.45) is 3.18. The molecule has 2 heterocycles. The van der Waals surface area contributed by atoms with Crippen molar-refractivity contribution in [2.45, 2.75) is 45.2 Å². The zero-order chi connectivity index (χ0) is 20.2. The van der Waals surface area contributed by atoms with E-state index in [2.05, 4.69) is 53.5 Å². The minimum atomic E-state index is 0.00347. The van der Waals surface area contributed by atoms with E-state index < -0.39 is 0 Å². The van der Waals surface area contributed by atoms with Crippen molar-refractivity contribution in [3.63, 3.8) is 0 Å². The topological polar surface area (TPSA) is 50.8 Å². The highest BCUT2D eigenvalue weighted by atomic mass is 16.6. The molecule has 2 aromatic rings. The van der Waals surface area contributed by atoms with Crippen LogP contribution in [0.5, 0.6) is 11.5 Å². The molecule has 0 unspecified atom stereocenters. The maximum atomic E-state index is 12.7. The quantitative estimate of drug-likeness (QED) is 0.804. The first-order valence-corrected chi connectivity index (χ1v) is 10.7. The second kappa shape index (κ2) is 8.87. The number of fused-ring (bicyclic) bond motifs is 1. The van der Waals surface area contributed by atoms with Gasteiger partial charge in [-0.3, -0.25) is 9.69 Å². The van der Waals surface area contributed by atoms with Gasteiger partial charge in [0, 0.05) is 6.04 Å². The van der Waals surface area contributed by atoms with Gasteiger partial charge < -0.3 is 14.8 Å². The maximum absolute atomic E-state index is 12.7. The van der Waals surface area contributed by atoms with Crippen molar-refractivity contribution in [1.82, 2.24) is 10.2 Å². The van der Waals surface area contributed by atoms with Crippen LogP contribution in [0.2, 0.25) is 0 Å². The SMILES string of the molecule is CCc1ccc([C@H](C)NC(=O)CN2CCC[C@H]2c2ccc3c(c2)OCCO3)cc1. The van der Waals surface area contributed by atoms with Gasteiger partial charge >= 0.3 is 0 Å². The third-order valence-electron chi connectivity index (χ3n) is 5.93. The molecule has 0 radical (unpaired) electrons. The highest BCUT2D eigenvalue weighted by Gasteiger charge is 2.29. The summed E-state index contributed by atoms with van der Waals surface area (Å²) in [6, 6.07) is 14.9. The number of benzene rings is 2. The molecule has 5 heteroatoms. The number of ether oxygens (including phenoxy) is 2. The summed E-state index contributed by atoms with van der Waals surface area (Å²) in [4.78, 5) is 15.0. The molecule has 0 aromatic heterocycles. The van der Waals surface area contributed by atoms with Crippen molar-refractivity contribution in [2.75, 3.05) is 26.3 Å². The molecule has 0 spiro atoms. The van der Waals surface area contributed by atoms with Crippen molar-refractivity contribution in [3.05, 3.63) is 59.2 Å². The number of carbonyl (C=O) groups is 1. The Morgan fingerprint density at radius 1 is 1.14 bits per heavy atom. The molecule has 2 aromatic carbocycles. The van der Waals surface area contributed by atoms with Crippen molar-refractivity contribution in [1.29, 1.82) is 0 Å². The Balaban J connectivity index is 1.38. The predicted octanol–water partition coefficient (Wildman–Crippen LogP) is 4.03. The van der Waals surface area contributed by atoms with Crippen LogP contribution >= 0.6 is 0 Å². The normalized spacial score (nSPS) is 19.7. The van der Waals surface area contributed by atoms with Crippen molar-refractivity contribution < 1.29 is 14.3 Å². The van der Waals surface area contributed by atoms with Gasteiger partial charge in [-0.05, 0) is 61.6 Å². The third kappa shape index (κ3) is 4.56. The van der Waals surface area contributed by atoms with E-state index in [1.54, 1.807) is 0 Å². The summed E-state index contributed by atoms with van der Waals surface area (Å²) in [6.45, 7) is 6.73. The van der Waals surface area contributed by atoms with E-state index >= 15 is 0 Å². The van der Waals surface area contributed by atoms with Crippen molar-refractivity contribution in [3.8, 4) is 11.5 Å². The standard InChI is InChI=1S/C24H30N2O3/c1-3-18-6-8-19(9-7-18)17(2)25-24(27)16-26-12-4-5-21(26)20-10-11-22-23(15-20)29-14-13-28-22/h6-11,15,17,21H,3-5,12-14,16H2,1-2H3,(H,25,27)/t17-,21-/m0/s1. The Bertz CT molecular complexity index is 850. The number of hydrogen-bond acceptors (Lipinski definition) is 4. The minimum absolute atomic E-state index is 0.00347. The van der Waals surface area contributed by atoms with E-state index in [9.17, 15) is 4.79 Å². The Morgan fingerprint density at radius 2 is 1.90 bits per heavy atom. The lowest BCUT2D eigenvalue weighted by molar-refractivity contribution is -0.123. The molecule has 4 rings (SSSR count). The number of hydrogen-bond donors (Lipinski definition) is 1. The summed E-state index contributed by atoms with van der Waals surface area (Å²) in [5.41, 5.74) is 3.65. The highest BCUT2D eigenvalue weighted by molar-refractivity contribution is 5.78. The van der Waals surface area contributed by atoms with Crippen LogP contribution in [0.4, 0.5) is 0 Å². The van der Waals surface area contributed by atoms with E-state index in [1.165, 1.54) is 11.1 Å². The van der Waals surface area contributed by atoms with Crippen molar-refractivity contribution in [2.24, 2.45) is 0 Å². The van der Waals surface area contributed by atoms with E-state index in [0.717, 1.165) is 42.9 Å². The molecule has 1 amide bonds. The predicted molar refractivity (Wildman–Crippen MR) is 113 cm³/mol. The van der Waals surface area contributed by atoms with Crippen LogP contribution in [0.25, 0.3) is 0 Å². The van der Waals surface area contributed by atoms with Crippen LogP contribution in [0.15, 0.2) is 42.5 Å². The van der Waals surface area contributed by atoms with Crippen LogP contribution in [0.1, 0.15) is 55.5 Å². The molecule has 0 aliphatic carbocycles. The smallest absolute Gasteiger partial charge is 0.234 e. The van der Waals surface area contributed by atoms with Crippen LogP contribution in [0.3, 0.4) is 0 Å². The van der Waals surface area contributed by atoms with Gasteiger partial charge in [0.1, 0.15) is 13.2 Å². The van der Waals surface area contributed by atoms with E-state index in [4.69, 9.17) is 9.47 Å². The molecule has 0 bridgehead atoms. The first-order valence-electron chi connectivity index (χ1n) is 10.7. The van der Waals surface area contributed by atoms with Gasteiger partial charge in [-0.1, -0.05) is 37.3 Å². The molecule has 2 atom stereocenters. The average molecular weight is 395 g/mol. The molecule has 1 fully saturated rings. The highest BCUT2D eigenvalue weighted by Crippen LogP contribution is 2.37. The number of aryl methyl sites for hydroxylation is 1. The molecule has 29 heavy (non-hydrogen) atoms. The molecule has 2 aliphatic rings. The number of nitrogens with one attached hydrogen (secondary N) is 1. The van der Waals surface area contributed by atoms with Gasteiger partial charge in [0.25, 0.3) is 0 Å². The summed E-state index contributed by atoms with van der Waals surface area (Å²) in [5, 5.41) is 3.16. The monoisotopic (exact) mass is 394 g/mol. The Labute approximate surface area is 173 Å². The maximum Gasteiger partial charge on any atom is 0.234 e. The second-order valence-corrected chi connectivity index (χ2v) is 7.92. The molecular formula is C24H30N2O3. The fourth-order valence-electron chi connectivity index (χ4n) is 4.26. The number of rotatable bonds is 6. The number of likely N-dealkylation sites (tertiary alicyclic amines) is 1. The largest absolute Gasteiger partial charge is 0.486 e. The molecular weight excluding hydrogens is 364 g/mol. The fourth-order valence-corrected chi connectivity index (χ4v) is 4.26. The minimum Gasteiger partial charge on any atom is -0.486 e. The van der Waals surface area contributed by atoms with E-state index in [0.29, 0.717) is 19.8 Å². The van der Waals surface area contributed by atoms with Crippen LogP contribution < -0.4 is 14.8 Å².